The number of aromatic amines is 2. The van der Waals surface area contributed by atoms with Crippen molar-refractivity contribution in [3.05, 3.63) is 34.6 Å². The number of hydrogen-bond acceptors (Lipinski definition) is 2. The first-order chi connectivity index (χ1) is 6.27. The van der Waals surface area contributed by atoms with Crippen LogP contribution >= 0.6 is 12.2 Å². The first kappa shape index (κ1) is 8.25. The summed E-state index contributed by atoms with van der Waals surface area (Å²) in [5, 5.41) is 6.79. The van der Waals surface area contributed by atoms with Crippen LogP contribution in [0.15, 0.2) is 18.5 Å². The molecule has 0 spiro atoms. The number of nitrogens with one attached hydrogen (secondary N) is 2. The van der Waals surface area contributed by atoms with E-state index in [4.69, 9.17) is 12.2 Å². The zero-order chi connectivity index (χ0) is 9.26. The van der Waals surface area contributed by atoms with Gasteiger partial charge in [0.2, 0.25) is 0 Å². The summed E-state index contributed by atoms with van der Waals surface area (Å²) >= 11 is 5.08. The number of nitrogens with zero attached hydrogens (tertiary/aromatic N) is 2. The third kappa shape index (κ3) is 1.55. The molecule has 0 fully saturated rings. The molecular weight excluding hydrogens is 184 g/mol. The summed E-state index contributed by atoms with van der Waals surface area (Å²) in [7, 11) is 0. The van der Waals surface area contributed by atoms with Gasteiger partial charge in [0.1, 0.15) is 5.82 Å². The third-order valence-electron chi connectivity index (χ3n) is 1.95. The lowest BCUT2D eigenvalue weighted by Crippen LogP contribution is -2.00. The van der Waals surface area contributed by atoms with E-state index in [9.17, 15) is 0 Å². The number of rotatable bonds is 2. The fourth-order valence-electron chi connectivity index (χ4n) is 1.22. The van der Waals surface area contributed by atoms with Crippen LogP contribution in [0.1, 0.15) is 11.4 Å². The molecule has 68 valence electrons. The number of H-pyrrole nitrogens is 2. The molecule has 2 heterocycles. The smallest absolute Gasteiger partial charge is 0.195 e. The maximum absolute atomic E-state index is 5.08. The molecule has 2 rings (SSSR count). The van der Waals surface area contributed by atoms with Gasteiger partial charge in [-0.1, -0.05) is 0 Å². The Hall–Kier alpha value is -1.36. The van der Waals surface area contributed by atoms with Crippen molar-refractivity contribution in [2.24, 2.45) is 0 Å². The maximum atomic E-state index is 5.08. The van der Waals surface area contributed by atoms with Crippen molar-refractivity contribution < 1.29 is 0 Å². The Morgan fingerprint density at radius 3 is 3.00 bits per heavy atom. The Labute approximate surface area is 80.6 Å². The third-order valence-corrected chi connectivity index (χ3v) is 2.26. The highest BCUT2D eigenvalue weighted by Crippen LogP contribution is 2.03. The van der Waals surface area contributed by atoms with E-state index in [0.717, 1.165) is 12.4 Å². The minimum absolute atomic E-state index is 0.665. The standard InChI is InChI=1S/C8H10N4S/c1-6-10-11-8(13)12(6)5-7-2-3-9-4-7/h2-4,9H,5H2,1H3,(H,11,13). The molecule has 0 aliphatic heterocycles. The van der Waals surface area contributed by atoms with Crippen LogP contribution in [0.2, 0.25) is 0 Å². The zero-order valence-electron chi connectivity index (χ0n) is 7.24. The van der Waals surface area contributed by atoms with E-state index in [1.54, 1.807) is 0 Å². The van der Waals surface area contributed by atoms with Gasteiger partial charge in [-0.25, -0.2) is 0 Å². The summed E-state index contributed by atoms with van der Waals surface area (Å²) in [6.45, 7) is 2.70. The highest BCUT2D eigenvalue weighted by molar-refractivity contribution is 7.71. The number of aryl methyl sites for hydroxylation is 1. The molecule has 0 saturated carbocycles. The van der Waals surface area contributed by atoms with Gasteiger partial charge in [-0.05, 0) is 30.8 Å². The van der Waals surface area contributed by atoms with Crippen molar-refractivity contribution in [3.63, 3.8) is 0 Å². The van der Waals surface area contributed by atoms with E-state index in [0.29, 0.717) is 4.77 Å². The summed E-state index contributed by atoms with van der Waals surface area (Å²) < 4.78 is 2.62. The van der Waals surface area contributed by atoms with Crippen molar-refractivity contribution in [1.82, 2.24) is 19.7 Å². The van der Waals surface area contributed by atoms with Crippen LogP contribution in [0.25, 0.3) is 0 Å². The van der Waals surface area contributed by atoms with Crippen LogP contribution < -0.4 is 0 Å². The molecule has 2 aromatic rings. The maximum Gasteiger partial charge on any atom is 0.195 e. The second kappa shape index (κ2) is 3.18. The van der Waals surface area contributed by atoms with Crippen LogP contribution in [0.4, 0.5) is 0 Å². The Kier molecular flexibility index (Phi) is 2.02. The lowest BCUT2D eigenvalue weighted by molar-refractivity contribution is 0.752. The van der Waals surface area contributed by atoms with Crippen LogP contribution in [0, 0.1) is 11.7 Å². The molecule has 0 aliphatic carbocycles. The molecule has 0 saturated heterocycles. The molecular formula is C8H10N4S. The molecule has 2 N–H and O–H groups in total. The molecule has 0 amide bonds. The molecule has 0 bridgehead atoms. The van der Waals surface area contributed by atoms with E-state index in [1.165, 1.54) is 5.56 Å². The summed E-state index contributed by atoms with van der Waals surface area (Å²) in [4.78, 5) is 3.00. The van der Waals surface area contributed by atoms with Crippen molar-refractivity contribution >= 4 is 12.2 Å². The quantitative estimate of drug-likeness (QED) is 0.714. The molecule has 2 aromatic heterocycles. The second-order valence-corrected chi connectivity index (χ2v) is 3.27. The lowest BCUT2D eigenvalue weighted by atomic mass is 10.3. The van der Waals surface area contributed by atoms with Gasteiger partial charge in [0.15, 0.2) is 4.77 Å². The topological polar surface area (TPSA) is 49.4 Å². The molecule has 4 nitrogen and oxygen atoms in total. The van der Waals surface area contributed by atoms with Gasteiger partial charge < -0.3 is 4.98 Å². The van der Waals surface area contributed by atoms with Gasteiger partial charge >= 0.3 is 0 Å². The van der Waals surface area contributed by atoms with E-state index in [2.05, 4.69) is 15.2 Å². The Bertz CT molecular complexity index is 437. The monoisotopic (exact) mass is 194 g/mol. The summed E-state index contributed by atoms with van der Waals surface area (Å²) in [6.07, 6.45) is 3.85. The minimum Gasteiger partial charge on any atom is -0.367 e. The Morgan fingerprint density at radius 1 is 1.62 bits per heavy atom. The average Bonchev–Trinajstić information content (AvgIpc) is 2.70. The SMILES string of the molecule is Cc1n[nH]c(=S)n1Cc1cc[nH]c1. The molecule has 0 atom stereocenters. The van der Waals surface area contributed by atoms with Gasteiger partial charge in [-0.15, -0.1) is 0 Å². The van der Waals surface area contributed by atoms with E-state index >= 15 is 0 Å². The van der Waals surface area contributed by atoms with Crippen LogP contribution in [0.5, 0.6) is 0 Å². The average molecular weight is 194 g/mol. The fraction of sp³-hybridized carbons (Fsp3) is 0.250. The normalized spacial score (nSPS) is 10.5. The molecule has 0 unspecified atom stereocenters. The summed E-state index contributed by atoms with van der Waals surface area (Å²) in [5.41, 5.74) is 1.20. The molecule has 5 heteroatoms. The second-order valence-electron chi connectivity index (χ2n) is 2.88. The van der Waals surface area contributed by atoms with Gasteiger partial charge in [0, 0.05) is 12.4 Å². The van der Waals surface area contributed by atoms with Crippen LogP contribution in [-0.2, 0) is 6.54 Å². The van der Waals surface area contributed by atoms with E-state index in [-0.39, 0.29) is 0 Å². The summed E-state index contributed by atoms with van der Waals surface area (Å²) in [6, 6.07) is 2.02. The van der Waals surface area contributed by atoms with Crippen molar-refractivity contribution in [1.29, 1.82) is 0 Å². The van der Waals surface area contributed by atoms with Crippen LogP contribution in [0.3, 0.4) is 0 Å². The minimum atomic E-state index is 0.665. The highest BCUT2D eigenvalue weighted by atomic mass is 32.1. The predicted molar refractivity (Wildman–Crippen MR) is 52.0 cm³/mol. The lowest BCUT2D eigenvalue weighted by Gasteiger charge is -2.00. The summed E-state index contributed by atoms with van der Waals surface area (Å²) in [5.74, 6) is 0.909. The number of hydrogen-bond donors (Lipinski definition) is 2. The largest absolute Gasteiger partial charge is 0.367 e. The van der Waals surface area contributed by atoms with E-state index < -0.39 is 0 Å². The van der Waals surface area contributed by atoms with Crippen LogP contribution in [-0.4, -0.2) is 19.7 Å². The first-order valence-corrected chi connectivity index (χ1v) is 4.41. The predicted octanol–water partition coefficient (Wildman–Crippen LogP) is 1.63. The zero-order valence-corrected chi connectivity index (χ0v) is 8.06. The first-order valence-electron chi connectivity index (χ1n) is 4.01. The van der Waals surface area contributed by atoms with Gasteiger partial charge in [-0.3, -0.25) is 9.67 Å². The van der Waals surface area contributed by atoms with Gasteiger partial charge in [-0.2, -0.15) is 5.10 Å². The van der Waals surface area contributed by atoms with Crippen molar-refractivity contribution in [2.45, 2.75) is 13.5 Å². The Balaban J connectivity index is 2.33. The highest BCUT2D eigenvalue weighted by Gasteiger charge is 2.01. The molecule has 0 aromatic carbocycles. The van der Waals surface area contributed by atoms with Crippen molar-refractivity contribution in [2.75, 3.05) is 0 Å². The number of aromatic nitrogens is 4. The fourth-order valence-corrected chi connectivity index (χ4v) is 1.46. The molecule has 13 heavy (non-hydrogen) atoms. The van der Waals surface area contributed by atoms with E-state index in [1.807, 2.05) is 30.0 Å². The van der Waals surface area contributed by atoms with Gasteiger partial charge in [0.05, 0.1) is 6.54 Å². The molecule has 0 aliphatic rings. The molecule has 0 radical (unpaired) electrons. The van der Waals surface area contributed by atoms with Crippen molar-refractivity contribution in [3.8, 4) is 0 Å². The Morgan fingerprint density at radius 2 is 2.46 bits per heavy atom. The van der Waals surface area contributed by atoms with Gasteiger partial charge in [0.25, 0.3) is 0 Å².